The van der Waals surface area contributed by atoms with Crippen LogP contribution in [0.1, 0.15) is 46.8 Å². The lowest BCUT2D eigenvalue weighted by molar-refractivity contribution is -0.130. The van der Waals surface area contributed by atoms with Crippen molar-refractivity contribution in [3.63, 3.8) is 0 Å². The minimum Gasteiger partial charge on any atom is -0.371 e. The zero-order chi connectivity index (χ0) is 23.9. The van der Waals surface area contributed by atoms with Crippen molar-refractivity contribution in [2.24, 2.45) is 0 Å². The van der Waals surface area contributed by atoms with Gasteiger partial charge in [-0.05, 0) is 42.2 Å². The Kier molecular flexibility index (Phi) is 7.86. The van der Waals surface area contributed by atoms with E-state index in [2.05, 4.69) is 28.4 Å². The first-order chi connectivity index (χ1) is 16.5. The van der Waals surface area contributed by atoms with Crippen LogP contribution in [0.15, 0.2) is 78.9 Å². The van der Waals surface area contributed by atoms with Gasteiger partial charge < -0.3 is 15.1 Å². The van der Waals surface area contributed by atoms with Gasteiger partial charge in [-0.25, -0.2) is 0 Å². The fourth-order valence-corrected chi connectivity index (χ4v) is 4.63. The SMILES string of the molecule is CN(Cc1ccccc1N1CCCC1)C(=O)CC(NC(=O)c1ccccc1Cl)c1ccccc1. The number of hydrogen-bond donors (Lipinski definition) is 1. The Morgan fingerprint density at radius 2 is 1.59 bits per heavy atom. The minimum absolute atomic E-state index is 0.0375. The molecule has 1 aliphatic rings. The number of nitrogens with zero attached hydrogens (tertiary/aromatic N) is 2. The molecule has 1 unspecified atom stereocenters. The highest BCUT2D eigenvalue weighted by molar-refractivity contribution is 6.33. The average Bonchev–Trinajstić information content (AvgIpc) is 3.39. The maximum absolute atomic E-state index is 13.3. The Morgan fingerprint density at radius 3 is 2.32 bits per heavy atom. The highest BCUT2D eigenvalue weighted by atomic mass is 35.5. The zero-order valence-corrected chi connectivity index (χ0v) is 20.2. The molecule has 176 valence electrons. The second-order valence-electron chi connectivity index (χ2n) is 8.69. The van der Waals surface area contributed by atoms with Gasteiger partial charge >= 0.3 is 0 Å². The lowest BCUT2D eigenvalue weighted by Gasteiger charge is -2.26. The molecule has 6 heteroatoms. The second kappa shape index (κ2) is 11.2. The summed E-state index contributed by atoms with van der Waals surface area (Å²) < 4.78 is 0. The highest BCUT2D eigenvalue weighted by Crippen LogP contribution is 2.26. The summed E-state index contributed by atoms with van der Waals surface area (Å²) in [6, 6.07) is 24.3. The van der Waals surface area contributed by atoms with Crippen LogP contribution < -0.4 is 10.2 Å². The summed E-state index contributed by atoms with van der Waals surface area (Å²) in [6.45, 7) is 2.63. The summed E-state index contributed by atoms with van der Waals surface area (Å²) in [7, 11) is 1.82. The van der Waals surface area contributed by atoms with Crippen LogP contribution in [0.25, 0.3) is 0 Å². The average molecular weight is 476 g/mol. The zero-order valence-electron chi connectivity index (χ0n) is 19.4. The molecule has 1 heterocycles. The van der Waals surface area contributed by atoms with Crippen LogP contribution in [0.4, 0.5) is 5.69 Å². The first-order valence-electron chi connectivity index (χ1n) is 11.7. The third-order valence-electron chi connectivity index (χ3n) is 6.28. The topological polar surface area (TPSA) is 52.6 Å². The van der Waals surface area contributed by atoms with Gasteiger partial charge in [0.25, 0.3) is 5.91 Å². The van der Waals surface area contributed by atoms with Crippen molar-refractivity contribution in [1.82, 2.24) is 10.2 Å². The number of rotatable bonds is 8. The molecule has 0 saturated carbocycles. The summed E-state index contributed by atoms with van der Waals surface area (Å²) in [6.07, 6.45) is 2.56. The number of anilines is 1. The molecule has 34 heavy (non-hydrogen) atoms. The Morgan fingerprint density at radius 1 is 0.941 bits per heavy atom. The van der Waals surface area contributed by atoms with Gasteiger partial charge in [0.05, 0.1) is 23.0 Å². The maximum Gasteiger partial charge on any atom is 0.253 e. The van der Waals surface area contributed by atoms with E-state index in [-0.39, 0.29) is 18.2 Å². The van der Waals surface area contributed by atoms with E-state index in [9.17, 15) is 9.59 Å². The van der Waals surface area contributed by atoms with Crippen molar-refractivity contribution in [3.05, 3.63) is 101 Å². The Hall–Kier alpha value is -3.31. The quantitative estimate of drug-likeness (QED) is 0.470. The number of benzene rings is 3. The Labute approximate surface area is 206 Å². The molecule has 1 fully saturated rings. The predicted molar refractivity (Wildman–Crippen MR) is 137 cm³/mol. The van der Waals surface area contributed by atoms with E-state index in [1.165, 1.54) is 18.5 Å². The van der Waals surface area contributed by atoms with Crippen molar-refractivity contribution >= 4 is 29.1 Å². The molecule has 1 N–H and O–H groups in total. The number of carbonyl (C=O) groups is 2. The number of halogens is 1. The van der Waals surface area contributed by atoms with Crippen molar-refractivity contribution < 1.29 is 9.59 Å². The molecule has 1 saturated heterocycles. The van der Waals surface area contributed by atoms with Crippen molar-refractivity contribution in [2.45, 2.75) is 31.8 Å². The van der Waals surface area contributed by atoms with Gasteiger partial charge in [0.15, 0.2) is 0 Å². The molecule has 0 bridgehead atoms. The van der Waals surface area contributed by atoms with Crippen LogP contribution in [0, 0.1) is 0 Å². The van der Waals surface area contributed by atoms with Crippen LogP contribution in [0.3, 0.4) is 0 Å². The van der Waals surface area contributed by atoms with Crippen LogP contribution >= 0.6 is 11.6 Å². The minimum atomic E-state index is -0.464. The Balaban J connectivity index is 1.49. The molecule has 5 nitrogen and oxygen atoms in total. The predicted octanol–water partition coefficient (Wildman–Crippen LogP) is 5.46. The number of hydrogen-bond acceptors (Lipinski definition) is 3. The van der Waals surface area contributed by atoms with E-state index in [0.717, 1.165) is 24.2 Å². The molecule has 2 amide bonds. The fourth-order valence-electron chi connectivity index (χ4n) is 4.40. The van der Waals surface area contributed by atoms with E-state index in [4.69, 9.17) is 11.6 Å². The number of carbonyl (C=O) groups excluding carboxylic acids is 2. The third-order valence-corrected chi connectivity index (χ3v) is 6.61. The second-order valence-corrected chi connectivity index (χ2v) is 9.10. The summed E-state index contributed by atoms with van der Waals surface area (Å²) >= 11 is 6.22. The van der Waals surface area contributed by atoms with E-state index in [1.807, 2.05) is 43.4 Å². The standard InChI is InChI=1S/C28H30ClN3O2/c1-31(20-22-13-5-8-16-26(22)32-17-9-10-18-32)27(33)19-25(21-11-3-2-4-12-21)30-28(34)23-14-6-7-15-24(23)29/h2-8,11-16,25H,9-10,17-20H2,1H3,(H,30,34). The molecule has 0 aliphatic carbocycles. The van der Waals surface area contributed by atoms with E-state index in [0.29, 0.717) is 17.1 Å². The van der Waals surface area contributed by atoms with Crippen LogP contribution in [-0.4, -0.2) is 36.9 Å². The molecular formula is C28H30ClN3O2. The number of para-hydroxylation sites is 1. The number of amides is 2. The Bertz CT molecular complexity index is 1130. The number of nitrogens with one attached hydrogen (secondary N) is 1. The van der Waals surface area contributed by atoms with Crippen molar-refractivity contribution in [1.29, 1.82) is 0 Å². The molecule has 0 spiro atoms. The monoisotopic (exact) mass is 475 g/mol. The summed E-state index contributed by atoms with van der Waals surface area (Å²) in [5.74, 6) is -0.334. The van der Waals surface area contributed by atoms with Gasteiger partial charge in [0.2, 0.25) is 5.91 Å². The highest BCUT2D eigenvalue weighted by Gasteiger charge is 2.23. The van der Waals surface area contributed by atoms with E-state index in [1.54, 1.807) is 29.2 Å². The summed E-state index contributed by atoms with van der Waals surface area (Å²) in [5, 5.41) is 3.40. The van der Waals surface area contributed by atoms with Crippen molar-refractivity contribution in [2.75, 3.05) is 25.0 Å². The van der Waals surface area contributed by atoms with Gasteiger partial charge in [-0.1, -0.05) is 72.3 Å². The van der Waals surface area contributed by atoms with Crippen molar-refractivity contribution in [3.8, 4) is 0 Å². The third kappa shape index (κ3) is 5.78. The molecule has 0 radical (unpaired) electrons. The lowest BCUT2D eigenvalue weighted by atomic mass is 10.0. The normalized spacial score (nSPS) is 14.0. The van der Waals surface area contributed by atoms with Crippen LogP contribution in [0.2, 0.25) is 5.02 Å². The van der Waals surface area contributed by atoms with E-state index < -0.39 is 6.04 Å². The molecule has 1 aliphatic heterocycles. The van der Waals surface area contributed by atoms with Gasteiger partial charge in [-0.2, -0.15) is 0 Å². The first-order valence-corrected chi connectivity index (χ1v) is 12.1. The lowest BCUT2D eigenvalue weighted by Crippen LogP contribution is -2.35. The fraction of sp³-hybridized carbons (Fsp3) is 0.286. The molecular weight excluding hydrogens is 446 g/mol. The van der Waals surface area contributed by atoms with E-state index >= 15 is 0 Å². The molecule has 4 rings (SSSR count). The van der Waals surface area contributed by atoms with Gasteiger partial charge in [-0.3, -0.25) is 9.59 Å². The van der Waals surface area contributed by atoms with Crippen LogP contribution in [-0.2, 0) is 11.3 Å². The van der Waals surface area contributed by atoms with Crippen LogP contribution in [0.5, 0.6) is 0 Å². The van der Waals surface area contributed by atoms with Gasteiger partial charge in [0, 0.05) is 32.4 Å². The van der Waals surface area contributed by atoms with Gasteiger partial charge in [-0.15, -0.1) is 0 Å². The largest absolute Gasteiger partial charge is 0.371 e. The first kappa shape index (κ1) is 23.8. The molecule has 3 aromatic carbocycles. The molecule has 3 aromatic rings. The smallest absolute Gasteiger partial charge is 0.253 e. The summed E-state index contributed by atoms with van der Waals surface area (Å²) in [4.78, 5) is 30.4. The maximum atomic E-state index is 13.3. The molecule has 1 atom stereocenters. The molecule has 0 aromatic heterocycles. The van der Waals surface area contributed by atoms with Gasteiger partial charge in [0.1, 0.15) is 0 Å². The summed E-state index contributed by atoms with van der Waals surface area (Å²) in [5.41, 5.74) is 3.61.